The number of aryl methyl sites for hydroxylation is 2. The first-order valence-electron chi connectivity index (χ1n) is 9.30. The largest absolute Gasteiger partial charge is 0.496 e. The molecule has 2 aromatic carbocycles. The Hall–Kier alpha value is -2.37. The minimum Gasteiger partial charge on any atom is -0.496 e. The van der Waals surface area contributed by atoms with Gasteiger partial charge in [0.15, 0.2) is 0 Å². The number of ether oxygens (including phenoxy) is 2. The number of methoxy groups -OCH3 is 2. The van der Waals surface area contributed by atoms with Gasteiger partial charge < -0.3 is 9.47 Å². The molecule has 0 unspecified atom stereocenters. The van der Waals surface area contributed by atoms with Crippen LogP contribution in [-0.4, -0.2) is 41.5 Å². The fourth-order valence-electron chi connectivity index (χ4n) is 3.61. The SMILES string of the molecule is COC[C@@H](C)N(Cc1cn(C)nc1C)Cc1ccc(OC)c2ccccc12. The normalized spacial score (nSPS) is 12.7. The highest BCUT2D eigenvalue weighted by Gasteiger charge is 2.18. The van der Waals surface area contributed by atoms with E-state index in [1.54, 1.807) is 14.2 Å². The van der Waals surface area contributed by atoms with Crippen molar-refractivity contribution in [3.63, 3.8) is 0 Å². The van der Waals surface area contributed by atoms with E-state index >= 15 is 0 Å². The summed E-state index contributed by atoms with van der Waals surface area (Å²) < 4.78 is 12.9. The first-order chi connectivity index (χ1) is 13.0. The van der Waals surface area contributed by atoms with Crippen molar-refractivity contribution >= 4 is 10.8 Å². The van der Waals surface area contributed by atoms with Gasteiger partial charge in [0.25, 0.3) is 0 Å². The van der Waals surface area contributed by atoms with Gasteiger partial charge in [-0.1, -0.05) is 30.3 Å². The van der Waals surface area contributed by atoms with Crippen molar-refractivity contribution in [1.82, 2.24) is 14.7 Å². The van der Waals surface area contributed by atoms with Crippen LogP contribution in [0.5, 0.6) is 5.75 Å². The van der Waals surface area contributed by atoms with Crippen molar-refractivity contribution in [2.75, 3.05) is 20.8 Å². The zero-order valence-electron chi connectivity index (χ0n) is 16.9. The molecule has 3 rings (SSSR count). The van der Waals surface area contributed by atoms with Crippen LogP contribution in [0.4, 0.5) is 0 Å². The van der Waals surface area contributed by atoms with Gasteiger partial charge >= 0.3 is 0 Å². The predicted octanol–water partition coefficient (Wildman–Crippen LogP) is 3.93. The molecule has 0 bridgehead atoms. The average Bonchev–Trinajstić information content (AvgIpc) is 2.98. The molecule has 0 N–H and O–H groups in total. The predicted molar refractivity (Wildman–Crippen MR) is 109 cm³/mol. The van der Waals surface area contributed by atoms with Crippen LogP contribution in [0.25, 0.3) is 10.8 Å². The smallest absolute Gasteiger partial charge is 0.126 e. The van der Waals surface area contributed by atoms with Crippen LogP contribution in [0.15, 0.2) is 42.6 Å². The summed E-state index contributed by atoms with van der Waals surface area (Å²) in [7, 11) is 5.45. The first kappa shape index (κ1) is 19.4. The molecule has 1 atom stereocenters. The van der Waals surface area contributed by atoms with Gasteiger partial charge in [0.05, 0.1) is 19.4 Å². The van der Waals surface area contributed by atoms with E-state index in [9.17, 15) is 0 Å². The number of rotatable bonds is 8. The van der Waals surface area contributed by atoms with E-state index < -0.39 is 0 Å². The van der Waals surface area contributed by atoms with Gasteiger partial charge in [-0.3, -0.25) is 9.58 Å². The van der Waals surface area contributed by atoms with Gasteiger partial charge in [0.2, 0.25) is 0 Å². The second-order valence-electron chi connectivity index (χ2n) is 7.10. The zero-order chi connectivity index (χ0) is 19.4. The molecule has 5 heteroatoms. The number of aromatic nitrogens is 2. The van der Waals surface area contributed by atoms with Crippen LogP contribution in [0.1, 0.15) is 23.7 Å². The van der Waals surface area contributed by atoms with E-state index in [-0.39, 0.29) is 6.04 Å². The van der Waals surface area contributed by atoms with Crippen molar-refractivity contribution in [3.8, 4) is 5.75 Å². The minimum atomic E-state index is 0.287. The van der Waals surface area contributed by atoms with Crippen molar-refractivity contribution in [2.24, 2.45) is 7.05 Å². The molecule has 3 aromatic rings. The lowest BCUT2D eigenvalue weighted by Crippen LogP contribution is -2.35. The van der Waals surface area contributed by atoms with Gasteiger partial charge in [-0.2, -0.15) is 5.10 Å². The Kier molecular flexibility index (Phi) is 6.14. The van der Waals surface area contributed by atoms with Crippen LogP contribution in [0.3, 0.4) is 0 Å². The summed E-state index contributed by atoms with van der Waals surface area (Å²) in [6.07, 6.45) is 2.11. The number of benzene rings is 2. The number of fused-ring (bicyclic) bond motifs is 1. The molecule has 5 nitrogen and oxygen atoms in total. The monoisotopic (exact) mass is 367 g/mol. The van der Waals surface area contributed by atoms with Gasteiger partial charge in [0.1, 0.15) is 5.75 Å². The van der Waals surface area contributed by atoms with E-state index in [1.165, 1.54) is 16.5 Å². The number of nitrogens with zero attached hydrogens (tertiary/aromatic N) is 3. The molecular formula is C22H29N3O2. The van der Waals surface area contributed by atoms with Crippen LogP contribution in [-0.2, 0) is 24.9 Å². The summed E-state index contributed by atoms with van der Waals surface area (Å²) in [4.78, 5) is 2.45. The first-order valence-corrected chi connectivity index (χ1v) is 9.30. The molecule has 0 aliphatic heterocycles. The summed E-state index contributed by atoms with van der Waals surface area (Å²) in [5, 5.41) is 6.87. The summed E-state index contributed by atoms with van der Waals surface area (Å²) in [5.74, 6) is 0.911. The molecule has 0 saturated carbocycles. The Morgan fingerprint density at radius 1 is 1.04 bits per heavy atom. The van der Waals surface area contributed by atoms with Gasteiger partial charge in [-0.25, -0.2) is 0 Å². The van der Waals surface area contributed by atoms with Crippen LogP contribution >= 0.6 is 0 Å². The number of hydrogen-bond donors (Lipinski definition) is 0. The van der Waals surface area contributed by atoms with Crippen LogP contribution in [0.2, 0.25) is 0 Å². The second kappa shape index (κ2) is 8.55. The highest BCUT2D eigenvalue weighted by atomic mass is 16.5. The van der Waals surface area contributed by atoms with Gasteiger partial charge in [-0.05, 0) is 30.9 Å². The lowest BCUT2D eigenvalue weighted by molar-refractivity contribution is 0.0896. The molecule has 0 fully saturated rings. The molecule has 27 heavy (non-hydrogen) atoms. The highest BCUT2D eigenvalue weighted by Crippen LogP contribution is 2.29. The summed E-state index contributed by atoms with van der Waals surface area (Å²) in [6, 6.07) is 12.9. The third-order valence-corrected chi connectivity index (χ3v) is 5.09. The van der Waals surface area contributed by atoms with Crippen molar-refractivity contribution < 1.29 is 9.47 Å². The fraction of sp³-hybridized carbons (Fsp3) is 0.409. The molecule has 1 heterocycles. The molecule has 0 aliphatic rings. The zero-order valence-corrected chi connectivity index (χ0v) is 16.9. The Labute approximate surface area is 161 Å². The van der Waals surface area contributed by atoms with Crippen molar-refractivity contribution in [2.45, 2.75) is 33.0 Å². The molecule has 0 saturated heterocycles. The van der Waals surface area contributed by atoms with E-state index in [0.29, 0.717) is 6.61 Å². The maximum atomic E-state index is 5.54. The van der Waals surface area contributed by atoms with Crippen LogP contribution in [0, 0.1) is 6.92 Å². The molecule has 0 spiro atoms. The fourth-order valence-corrected chi connectivity index (χ4v) is 3.61. The van der Waals surface area contributed by atoms with Crippen LogP contribution < -0.4 is 4.74 Å². The molecule has 0 aliphatic carbocycles. The Morgan fingerprint density at radius 3 is 2.37 bits per heavy atom. The number of hydrogen-bond acceptors (Lipinski definition) is 4. The van der Waals surface area contributed by atoms with Crippen molar-refractivity contribution in [3.05, 3.63) is 59.4 Å². The lowest BCUT2D eigenvalue weighted by atomic mass is 10.0. The summed E-state index contributed by atoms with van der Waals surface area (Å²) >= 11 is 0. The van der Waals surface area contributed by atoms with E-state index in [2.05, 4.69) is 66.4 Å². The summed E-state index contributed by atoms with van der Waals surface area (Å²) in [5.41, 5.74) is 3.61. The molecular weight excluding hydrogens is 338 g/mol. The topological polar surface area (TPSA) is 39.5 Å². The minimum absolute atomic E-state index is 0.287. The maximum Gasteiger partial charge on any atom is 0.126 e. The molecule has 0 amide bonds. The van der Waals surface area contributed by atoms with E-state index in [0.717, 1.165) is 29.9 Å². The highest BCUT2D eigenvalue weighted by molar-refractivity contribution is 5.91. The maximum absolute atomic E-state index is 5.54. The second-order valence-corrected chi connectivity index (χ2v) is 7.10. The Balaban J connectivity index is 1.94. The summed E-state index contributed by atoms with van der Waals surface area (Å²) in [6.45, 7) is 6.64. The van der Waals surface area contributed by atoms with Gasteiger partial charge in [-0.15, -0.1) is 0 Å². The lowest BCUT2D eigenvalue weighted by Gasteiger charge is -2.29. The third-order valence-electron chi connectivity index (χ3n) is 5.09. The third kappa shape index (κ3) is 4.31. The average molecular weight is 367 g/mol. The van der Waals surface area contributed by atoms with E-state index in [1.807, 2.05) is 11.7 Å². The molecule has 1 aromatic heterocycles. The van der Waals surface area contributed by atoms with Crippen molar-refractivity contribution in [1.29, 1.82) is 0 Å². The Bertz CT molecular complexity index is 904. The van der Waals surface area contributed by atoms with E-state index in [4.69, 9.17) is 9.47 Å². The quantitative estimate of drug-likeness (QED) is 0.605. The molecule has 144 valence electrons. The molecule has 0 radical (unpaired) electrons. The Morgan fingerprint density at radius 2 is 1.74 bits per heavy atom. The van der Waals surface area contributed by atoms with Gasteiger partial charge in [0, 0.05) is 50.4 Å². The standard InChI is InChI=1S/C22H29N3O2/c1-16(15-26-4)25(14-19-12-24(3)23-17(19)2)13-18-10-11-22(27-5)21-9-7-6-8-20(18)21/h6-12,16H,13-15H2,1-5H3/t16-/m1/s1.